The van der Waals surface area contributed by atoms with Crippen LogP contribution in [-0.2, 0) is 14.6 Å². The van der Waals surface area contributed by atoms with Crippen LogP contribution in [0.25, 0.3) is 0 Å². The van der Waals surface area contributed by atoms with Gasteiger partial charge in [0.1, 0.15) is 9.84 Å². The molecule has 0 aromatic rings. The fourth-order valence-corrected chi connectivity index (χ4v) is 1.96. The Morgan fingerprint density at radius 3 is 2.88 bits per heavy atom. The van der Waals surface area contributed by atoms with Crippen molar-refractivity contribution in [2.45, 2.75) is 12.8 Å². The lowest BCUT2D eigenvalue weighted by Gasteiger charge is -2.14. The van der Waals surface area contributed by atoms with E-state index < -0.39 is 9.84 Å². The van der Waals surface area contributed by atoms with E-state index in [0.29, 0.717) is 6.54 Å². The molecule has 0 aromatic carbocycles. The van der Waals surface area contributed by atoms with Crippen LogP contribution in [0.15, 0.2) is 11.6 Å². The average Bonchev–Trinajstić information content (AvgIpc) is 2.24. The van der Waals surface area contributed by atoms with E-state index in [2.05, 4.69) is 16.7 Å². The molecule has 1 rings (SSSR count). The van der Waals surface area contributed by atoms with E-state index in [1.165, 1.54) is 5.57 Å². The molecule has 0 unspecified atom stereocenters. The lowest BCUT2D eigenvalue weighted by molar-refractivity contribution is -0.120. The summed E-state index contributed by atoms with van der Waals surface area (Å²) in [6, 6.07) is 0. The SMILES string of the molecule is CS(=O)(=O)CCC(=O)NCC1=CCNCC1. The minimum absolute atomic E-state index is 0.0460. The molecule has 0 saturated heterocycles. The fraction of sp³-hybridized carbons (Fsp3) is 0.700. The van der Waals surface area contributed by atoms with Crippen LogP contribution in [0.5, 0.6) is 0 Å². The summed E-state index contributed by atoms with van der Waals surface area (Å²) in [6.45, 7) is 2.31. The van der Waals surface area contributed by atoms with E-state index in [-0.39, 0.29) is 18.1 Å². The molecule has 0 fully saturated rings. The third-order valence-corrected chi connectivity index (χ3v) is 3.32. The highest BCUT2D eigenvalue weighted by molar-refractivity contribution is 7.90. The second kappa shape index (κ2) is 6.00. The van der Waals surface area contributed by atoms with Gasteiger partial charge in [-0.3, -0.25) is 4.79 Å². The van der Waals surface area contributed by atoms with Crippen molar-refractivity contribution in [3.05, 3.63) is 11.6 Å². The molecule has 0 radical (unpaired) electrons. The van der Waals surface area contributed by atoms with Gasteiger partial charge in [-0.2, -0.15) is 0 Å². The van der Waals surface area contributed by atoms with Crippen molar-refractivity contribution in [3.8, 4) is 0 Å². The summed E-state index contributed by atoms with van der Waals surface area (Å²) in [7, 11) is -3.05. The fourth-order valence-electron chi connectivity index (χ4n) is 1.41. The van der Waals surface area contributed by atoms with E-state index in [1.807, 2.05) is 0 Å². The molecule has 92 valence electrons. The molecular formula is C10H18N2O3S. The Labute approximate surface area is 96.2 Å². The maximum atomic E-state index is 11.3. The van der Waals surface area contributed by atoms with Gasteiger partial charge < -0.3 is 10.6 Å². The Morgan fingerprint density at radius 2 is 2.31 bits per heavy atom. The summed E-state index contributed by atoms with van der Waals surface area (Å²) in [5, 5.41) is 5.90. The first kappa shape index (κ1) is 13.2. The third-order valence-electron chi connectivity index (χ3n) is 2.37. The van der Waals surface area contributed by atoms with Gasteiger partial charge in [-0.25, -0.2) is 8.42 Å². The average molecular weight is 246 g/mol. The summed E-state index contributed by atoms with van der Waals surface area (Å²) in [4.78, 5) is 11.3. The summed E-state index contributed by atoms with van der Waals surface area (Å²) in [5.74, 6) is -0.288. The van der Waals surface area contributed by atoms with Gasteiger partial charge >= 0.3 is 0 Å². The molecule has 1 heterocycles. The van der Waals surface area contributed by atoms with Gasteiger partial charge in [0.05, 0.1) is 5.75 Å². The second-order valence-electron chi connectivity index (χ2n) is 3.97. The van der Waals surface area contributed by atoms with Crippen LogP contribution in [-0.4, -0.2) is 46.0 Å². The summed E-state index contributed by atoms with van der Waals surface area (Å²) < 4.78 is 21.7. The van der Waals surface area contributed by atoms with E-state index in [9.17, 15) is 13.2 Å². The van der Waals surface area contributed by atoms with Crippen molar-refractivity contribution in [3.63, 3.8) is 0 Å². The van der Waals surface area contributed by atoms with Crippen LogP contribution >= 0.6 is 0 Å². The zero-order valence-corrected chi connectivity index (χ0v) is 10.3. The van der Waals surface area contributed by atoms with E-state index in [4.69, 9.17) is 0 Å². The maximum absolute atomic E-state index is 11.3. The van der Waals surface area contributed by atoms with E-state index in [1.54, 1.807) is 0 Å². The first-order valence-electron chi connectivity index (χ1n) is 5.30. The third kappa shape index (κ3) is 5.87. The quantitative estimate of drug-likeness (QED) is 0.639. The Kier molecular flexibility index (Phi) is 4.95. The van der Waals surface area contributed by atoms with Crippen molar-refractivity contribution < 1.29 is 13.2 Å². The van der Waals surface area contributed by atoms with Crippen LogP contribution < -0.4 is 10.6 Å². The topological polar surface area (TPSA) is 75.3 Å². The highest BCUT2D eigenvalue weighted by Crippen LogP contribution is 2.02. The molecule has 0 aliphatic carbocycles. The van der Waals surface area contributed by atoms with Crippen molar-refractivity contribution in [1.82, 2.24) is 10.6 Å². The molecule has 1 aliphatic heterocycles. The van der Waals surface area contributed by atoms with Gasteiger partial charge in [-0.05, 0) is 13.0 Å². The van der Waals surface area contributed by atoms with Gasteiger partial charge in [0.15, 0.2) is 0 Å². The molecule has 5 nitrogen and oxygen atoms in total. The molecule has 2 N–H and O–H groups in total. The Bertz CT molecular complexity index is 374. The lowest BCUT2D eigenvalue weighted by atomic mass is 10.1. The molecule has 1 amide bonds. The van der Waals surface area contributed by atoms with Crippen molar-refractivity contribution >= 4 is 15.7 Å². The summed E-state index contributed by atoms with van der Waals surface area (Å²) in [5.41, 5.74) is 1.20. The number of sulfone groups is 1. The first-order chi connectivity index (χ1) is 7.47. The molecule has 0 bridgehead atoms. The Morgan fingerprint density at radius 1 is 1.56 bits per heavy atom. The highest BCUT2D eigenvalue weighted by Gasteiger charge is 2.09. The Hall–Kier alpha value is -0.880. The van der Waals surface area contributed by atoms with Crippen LogP contribution in [0.3, 0.4) is 0 Å². The second-order valence-corrected chi connectivity index (χ2v) is 6.23. The number of hydrogen-bond donors (Lipinski definition) is 2. The van der Waals surface area contributed by atoms with Crippen molar-refractivity contribution in [2.24, 2.45) is 0 Å². The normalized spacial score (nSPS) is 16.7. The number of nitrogens with one attached hydrogen (secondary N) is 2. The molecule has 0 aromatic heterocycles. The van der Waals surface area contributed by atoms with Gasteiger partial charge in [-0.15, -0.1) is 0 Å². The lowest BCUT2D eigenvalue weighted by Crippen LogP contribution is -2.30. The van der Waals surface area contributed by atoms with Gasteiger partial charge in [0, 0.05) is 25.8 Å². The summed E-state index contributed by atoms with van der Waals surface area (Å²) >= 11 is 0. The minimum atomic E-state index is -3.05. The van der Waals surface area contributed by atoms with Crippen molar-refractivity contribution in [2.75, 3.05) is 31.6 Å². The minimum Gasteiger partial charge on any atom is -0.352 e. The van der Waals surface area contributed by atoms with Gasteiger partial charge in [0.25, 0.3) is 0 Å². The Balaban J connectivity index is 2.22. The highest BCUT2D eigenvalue weighted by atomic mass is 32.2. The molecule has 0 spiro atoms. The monoisotopic (exact) mass is 246 g/mol. The summed E-state index contributed by atoms with van der Waals surface area (Å²) in [6.07, 6.45) is 4.17. The number of amides is 1. The number of carbonyl (C=O) groups is 1. The number of carbonyl (C=O) groups excluding carboxylic acids is 1. The standard InChI is InChI=1S/C10H18N2O3S/c1-16(14,15)7-4-10(13)12-8-9-2-5-11-6-3-9/h2,11H,3-8H2,1H3,(H,12,13). The number of hydrogen-bond acceptors (Lipinski definition) is 4. The molecule has 0 saturated carbocycles. The van der Waals surface area contributed by atoms with Crippen molar-refractivity contribution in [1.29, 1.82) is 0 Å². The van der Waals surface area contributed by atoms with Crippen LogP contribution in [0.2, 0.25) is 0 Å². The molecular weight excluding hydrogens is 228 g/mol. The van der Waals surface area contributed by atoms with Gasteiger partial charge in [-0.1, -0.05) is 11.6 Å². The molecule has 16 heavy (non-hydrogen) atoms. The molecule has 0 atom stereocenters. The van der Waals surface area contributed by atoms with Crippen LogP contribution in [0.1, 0.15) is 12.8 Å². The smallest absolute Gasteiger partial charge is 0.221 e. The number of rotatable bonds is 5. The largest absolute Gasteiger partial charge is 0.352 e. The predicted molar refractivity (Wildman–Crippen MR) is 62.9 cm³/mol. The first-order valence-corrected chi connectivity index (χ1v) is 7.36. The van der Waals surface area contributed by atoms with Gasteiger partial charge in [0.2, 0.25) is 5.91 Å². The van der Waals surface area contributed by atoms with Crippen LogP contribution in [0.4, 0.5) is 0 Å². The zero-order chi connectivity index (χ0) is 12.0. The molecule has 1 aliphatic rings. The van der Waals surface area contributed by atoms with E-state index >= 15 is 0 Å². The maximum Gasteiger partial charge on any atom is 0.221 e. The predicted octanol–water partition coefficient (Wildman–Crippen LogP) is -0.543. The van der Waals surface area contributed by atoms with Crippen LogP contribution in [0, 0.1) is 0 Å². The molecule has 6 heteroatoms. The van der Waals surface area contributed by atoms with E-state index in [0.717, 1.165) is 25.8 Å². The zero-order valence-electron chi connectivity index (χ0n) is 9.45.